The number of amides is 2. The molecule has 112 valence electrons. The van der Waals surface area contributed by atoms with Crippen LogP contribution in [0.1, 0.15) is 5.69 Å². The number of urea groups is 1. The summed E-state index contributed by atoms with van der Waals surface area (Å²) in [4.78, 5) is 11.7. The summed E-state index contributed by atoms with van der Waals surface area (Å²) in [6.07, 6.45) is 0. The van der Waals surface area contributed by atoms with Gasteiger partial charge >= 0.3 is 6.03 Å². The number of nitrogens with zero attached hydrogens (tertiary/aromatic N) is 1. The number of carbonyl (C=O) groups excluding carboxylic acids is 1. The molecular formula is C15H11F2N3O2. The van der Waals surface area contributed by atoms with Gasteiger partial charge in [0.15, 0.2) is 5.58 Å². The number of rotatable bonds is 3. The summed E-state index contributed by atoms with van der Waals surface area (Å²) >= 11 is 0. The van der Waals surface area contributed by atoms with Crippen LogP contribution in [0.5, 0.6) is 0 Å². The van der Waals surface area contributed by atoms with E-state index in [0.717, 1.165) is 23.6 Å². The Bertz CT molecular complexity index is 833. The molecule has 22 heavy (non-hydrogen) atoms. The summed E-state index contributed by atoms with van der Waals surface area (Å²) < 4.78 is 31.5. The molecule has 3 rings (SSSR count). The number of aromatic nitrogens is 1. The third kappa shape index (κ3) is 2.88. The van der Waals surface area contributed by atoms with Crippen molar-refractivity contribution in [2.24, 2.45) is 0 Å². The second kappa shape index (κ2) is 5.80. The third-order valence-electron chi connectivity index (χ3n) is 3.05. The van der Waals surface area contributed by atoms with Crippen molar-refractivity contribution in [2.75, 3.05) is 5.32 Å². The van der Waals surface area contributed by atoms with Crippen LogP contribution in [-0.4, -0.2) is 11.2 Å². The minimum Gasteiger partial charge on any atom is -0.356 e. The quantitative estimate of drug-likeness (QED) is 0.779. The van der Waals surface area contributed by atoms with E-state index in [9.17, 15) is 13.6 Å². The fourth-order valence-corrected chi connectivity index (χ4v) is 1.99. The van der Waals surface area contributed by atoms with Crippen LogP contribution in [0.15, 0.2) is 47.0 Å². The van der Waals surface area contributed by atoms with Gasteiger partial charge in [-0.15, -0.1) is 0 Å². The Labute approximate surface area is 123 Å². The number of para-hydroxylation sites is 1. The second-order valence-corrected chi connectivity index (χ2v) is 4.56. The van der Waals surface area contributed by atoms with E-state index in [1.165, 1.54) is 0 Å². The lowest BCUT2D eigenvalue weighted by molar-refractivity contribution is 0.251. The van der Waals surface area contributed by atoms with Crippen molar-refractivity contribution in [3.63, 3.8) is 0 Å². The molecule has 2 N–H and O–H groups in total. The zero-order valence-corrected chi connectivity index (χ0v) is 11.3. The summed E-state index contributed by atoms with van der Waals surface area (Å²) in [6.45, 7) is 0.0970. The van der Waals surface area contributed by atoms with Gasteiger partial charge in [-0.05, 0) is 24.3 Å². The Hall–Kier alpha value is -2.96. The van der Waals surface area contributed by atoms with E-state index in [-0.39, 0.29) is 12.2 Å². The van der Waals surface area contributed by atoms with Gasteiger partial charge in [0.1, 0.15) is 17.3 Å². The molecule has 2 aromatic carbocycles. The smallest absolute Gasteiger partial charge is 0.319 e. The maximum Gasteiger partial charge on any atom is 0.319 e. The van der Waals surface area contributed by atoms with Crippen molar-refractivity contribution in [1.82, 2.24) is 10.5 Å². The van der Waals surface area contributed by atoms with E-state index in [1.807, 2.05) is 18.2 Å². The first-order valence-corrected chi connectivity index (χ1v) is 6.46. The monoisotopic (exact) mass is 303 g/mol. The molecule has 0 saturated heterocycles. The maximum absolute atomic E-state index is 13.4. The molecular weight excluding hydrogens is 292 g/mol. The predicted molar refractivity (Wildman–Crippen MR) is 76.2 cm³/mol. The lowest BCUT2D eigenvalue weighted by atomic mass is 10.2. The van der Waals surface area contributed by atoms with Crippen LogP contribution in [0.4, 0.5) is 19.3 Å². The predicted octanol–water partition coefficient (Wildman–Crippen LogP) is 3.43. The molecule has 0 spiro atoms. The number of anilines is 1. The van der Waals surface area contributed by atoms with Crippen LogP contribution in [-0.2, 0) is 6.54 Å². The van der Waals surface area contributed by atoms with Gasteiger partial charge in [0, 0.05) is 11.5 Å². The fraction of sp³-hybridized carbons (Fsp3) is 0.0667. The van der Waals surface area contributed by atoms with Crippen LogP contribution in [0.2, 0.25) is 0 Å². The third-order valence-corrected chi connectivity index (χ3v) is 3.05. The number of carbonyl (C=O) groups is 1. The molecule has 0 saturated carbocycles. The summed E-state index contributed by atoms with van der Waals surface area (Å²) in [6, 6.07) is 9.35. The average Bonchev–Trinajstić information content (AvgIpc) is 2.92. The molecule has 2 amide bonds. The molecule has 0 aliphatic carbocycles. The minimum absolute atomic E-state index is 0.0970. The molecule has 0 atom stereocenters. The highest BCUT2D eigenvalue weighted by atomic mass is 19.1. The number of fused-ring (bicyclic) bond motifs is 1. The van der Waals surface area contributed by atoms with Crippen molar-refractivity contribution in [2.45, 2.75) is 6.54 Å². The van der Waals surface area contributed by atoms with Gasteiger partial charge in [-0.1, -0.05) is 17.3 Å². The van der Waals surface area contributed by atoms with Gasteiger partial charge in [0.2, 0.25) is 0 Å². The Morgan fingerprint density at radius 3 is 2.86 bits per heavy atom. The van der Waals surface area contributed by atoms with E-state index in [4.69, 9.17) is 4.52 Å². The van der Waals surface area contributed by atoms with Crippen LogP contribution in [0, 0.1) is 11.6 Å². The van der Waals surface area contributed by atoms with Crippen molar-refractivity contribution in [1.29, 1.82) is 0 Å². The zero-order valence-electron chi connectivity index (χ0n) is 11.3. The summed E-state index contributed by atoms with van der Waals surface area (Å²) in [5, 5.41) is 9.38. The van der Waals surface area contributed by atoms with Crippen LogP contribution >= 0.6 is 0 Å². The summed E-state index contributed by atoms with van der Waals surface area (Å²) in [7, 11) is 0. The molecule has 3 aromatic rings. The standard InChI is InChI=1S/C15H11F2N3O2/c16-9-5-6-11(17)12(7-9)19-15(21)18-8-13-10-3-1-2-4-14(10)22-20-13/h1-7H,8H2,(H2,18,19,21). The number of nitrogens with one attached hydrogen (secondary N) is 2. The maximum atomic E-state index is 13.4. The normalized spacial score (nSPS) is 10.6. The first-order valence-electron chi connectivity index (χ1n) is 6.46. The van der Waals surface area contributed by atoms with Crippen molar-refractivity contribution >= 4 is 22.7 Å². The van der Waals surface area contributed by atoms with E-state index in [2.05, 4.69) is 15.8 Å². The Kier molecular flexibility index (Phi) is 3.69. The zero-order chi connectivity index (χ0) is 15.5. The lowest BCUT2D eigenvalue weighted by Gasteiger charge is -2.07. The molecule has 0 unspecified atom stereocenters. The molecule has 1 heterocycles. The average molecular weight is 303 g/mol. The van der Waals surface area contributed by atoms with Gasteiger partial charge in [0.05, 0.1) is 12.2 Å². The van der Waals surface area contributed by atoms with E-state index in [0.29, 0.717) is 11.3 Å². The first kappa shape index (κ1) is 14.0. The summed E-state index contributed by atoms with van der Waals surface area (Å²) in [5.74, 6) is -1.36. The number of hydrogen-bond donors (Lipinski definition) is 2. The molecule has 5 nitrogen and oxygen atoms in total. The molecule has 1 aromatic heterocycles. The SMILES string of the molecule is O=C(NCc1noc2ccccc12)Nc1cc(F)ccc1F. The topological polar surface area (TPSA) is 67.2 Å². The van der Waals surface area contributed by atoms with Gasteiger partial charge in [-0.25, -0.2) is 13.6 Å². The summed E-state index contributed by atoms with van der Waals surface area (Å²) in [5.41, 5.74) is 0.920. The molecule has 7 heteroatoms. The second-order valence-electron chi connectivity index (χ2n) is 4.56. The molecule has 0 aliphatic heterocycles. The van der Waals surface area contributed by atoms with Gasteiger partial charge < -0.3 is 15.2 Å². The van der Waals surface area contributed by atoms with Crippen molar-refractivity contribution in [3.8, 4) is 0 Å². The van der Waals surface area contributed by atoms with Crippen molar-refractivity contribution < 1.29 is 18.1 Å². The highest BCUT2D eigenvalue weighted by Crippen LogP contribution is 2.18. The first-order chi connectivity index (χ1) is 10.6. The molecule has 0 radical (unpaired) electrons. The van der Waals surface area contributed by atoms with Crippen LogP contribution < -0.4 is 10.6 Å². The molecule has 0 aliphatic rings. The largest absolute Gasteiger partial charge is 0.356 e. The van der Waals surface area contributed by atoms with Crippen LogP contribution in [0.3, 0.4) is 0 Å². The number of benzene rings is 2. The highest BCUT2D eigenvalue weighted by molar-refractivity contribution is 5.89. The molecule has 0 fully saturated rings. The van der Waals surface area contributed by atoms with Gasteiger partial charge in [0.25, 0.3) is 0 Å². The minimum atomic E-state index is -0.719. The Morgan fingerprint density at radius 2 is 2.00 bits per heavy atom. The van der Waals surface area contributed by atoms with E-state index >= 15 is 0 Å². The lowest BCUT2D eigenvalue weighted by Crippen LogP contribution is -2.28. The number of hydrogen-bond acceptors (Lipinski definition) is 3. The van der Waals surface area contributed by atoms with E-state index in [1.54, 1.807) is 6.07 Å². The van der Waals surface area contributed by atoms with Crippen molar-refractivity contribution in [3.05, 3.63) is 59.8 Å². The van der Waals surface area contributed by atoms with Gasteiger partial charge in [-0.2, -0.15) is 0 Å². The Balaban J connectivity index is 1.66. The van der Waals surface area contributed by atoms with Crippen LogP contribution in [0.25, 0.3) is 11.0 Å². The number of halogens is 2. The highest BCUT2D eigenvalue weighted by Gasteiger charge is 2.11. The van der Waals surface area contributed by atoms with E-state index < -0.39 is 17.7 Å². The van der Waals surface area contributed by atoms with Gasteiger partial charge in [-0.3, -0.25) is 0 Å². The fourth-order valence-electron chi connectivity index (χ4n) is 1.99. The molecule has 0 bridgehead atoms. The Morgan fingerprint density at radius 1 is 1.18 bits per heavy atom.